The van der Waals surface area contributed by atoms with Gasteiger partial charge in [-0.15, -0.1) is 5.10 Å². The average molecular weight is 404 g/mol. The van der Waals surface area contributed by atoms with E-state index in [2.05, 4.69) is 30.1 Å². The summed E-state index contributed by atoms with van der Waals surface area (Å²) in [7, 11) is 3.50. The van der Waals surface area contributed by atoms with Crippen molar-refractivity contribution in [1.29, 1.82) is 0 Å². The lowest BCUT2D eigenvalue weighted by Crippen LogP contribution is -1.95. The number of fused-ring (bicyclic) bond motifs is 3. The zero-order valence-corrected chi connectivity index (χ0v) is 16.5. The fourth-order valence-corrected chi connectivity index (χ4v) is 3.68. The molecule has 0 spiro atoms. The molecule has 0 aliphatic carbocycles. The second-order valence-corrected chi connectivity index (χ2v) is 7.23. The lowest BCUT2D eigenvalue weighted by atomic mass is 10.1. The monoisotopic (exact) mass is 404 g/mol. The third-order valence-corrected chi connectivity index (χ3v) is 5.32. The van der Waals surface area contributed by atoms with Crippen LogP contribution >= 0.6 is 11.8 Å². The van der Waals surface area contributed by atoms with E-state index in [9.17, 15) is 0 Å². The molecule has 0 aliphatic rings. The van der Waals surface area contributed by atoms with Gasteiger partial charge in [-0.2, -0.15) is 5.10 Å². The molecule has 1 aromatic carbocycles. The first kappa shape index (κ1) is 17.6. The number of aromatic nitrogens is 8. The normalized spacial score (nSPS) is 11.4. The van der Waals surface area contributed by atoms with Crippen molar-refractivity contribution >= 4 is 28.4 Å². The first-order valence-corrected chi connectivity index (χ1v) is 9.82. The van der Waals surface area contributed by atoms with Gasteiger partial charge in [0.25, 0.3) is 0 Å². The average Bonchev–Trinajstić information content (AvgIpc) is 3.36. The van der Waals surface area contributed by atoms with Gasteiger partial charge in [0.2, 0.25) is 0 Å². The van der Waals surface area contributed by atoms with Crippen molar-refractivity contribution in [3.05, 3.63) is 54.9 Å². The molecular weight excluding hydrogens is 388 g/mol. The number of thioether (sulfide) groups is 1. The smallest absolute Gasteiger partial charge is 0.188 e. The Morgan fingerprint density at radius 1 is 1.03 bits per heavy atom. The van der Waals surface area contributed by atoms with Gasteiger partial charge >= 0.3 is 0 Å². The van der Waals surface area contributed by atoms with Crippen LogP contribution in [0.5, 0.6) is 5.75 Å². The van der Waals surface area contributed by atoms with E-state index in [4.69, 9.17) is 4.74 Å². The number of hydrogen-bond acceptors (Lipinski definition) is 8. The van der Waals surface area contributed by atoms with Crippen LogP contribution < -0.4 is 4.74 Å². The zero-order chi connectivity index (χ0) is 19.8. The van der Waals surface area contributed by atoms with Crippen LogP contribution in [0.25, 0.3) is 27.9 Å². The van der Waals surface area contributed by atoms with Crippen LogP contribution in [0.1, 0.15) is 5.82 Å². The Hall–Kier alpha value is -3.53. The summed E-state index contributed by atoms with van der Waals surface area (Å²) in [5, 5.41) is 10.3. The van der Waals surface area contributed by atoms with Crippen LogP contribution in [0.4, 0.5) is 0 Å². The minimum Gasteiger partial charge on any atom is -0.497 e. The summed E-state index contributed by atoms with van der Waals surface area (Å²) in [6.45, 7) is 0. The molecule has 0 fully saturated rings. The highest BCUT2D eigenvalue weighted by molar-refractivity contribution is 7.98. The van der Waals surface area contributed by atoms with Gasteiger partial charge < -0.3 is 4.74 Å². The molecule has 10 heteroatoms. The number of aryl methyl sites for hydroxylation is 1. The third-order valence-electron chi connectivity index (χ3n) is 4.46. The van der Waals surface area contributed by atoms with Gasteiger partial charge in [0.05, 0.1) is 30.1 Å². The van der Waals surface area contributed by atoms with Crippen LogP contribution in [0.2, 0.25) is 0 Å². The largest absolute Gasteiger partial charge is 0.497 e. The van der Waals surface area contributed by atoms with E-state index in [1.54, 1.807) is 35.0 Å². The summed E-state index contributed by atoms with van der Waals surface area (Å²) in [5.74, 6) is 2.05. The first-order chi connectivity index (χ1) is 14.2. The Morgan fingerprint density at radius 3 is 2.72 bits per heavy atom. The Labute approximate surface area is 169 Å². The molecule has 0 saturated carbocycles. The van der Waals surface area contributed by atoms with Crippen molar-refractivity contribution in [2.24, 2.45) is 7.05 Å². The Kier molecular flexibility index (Phi) is 4.32. The van der Waals surface area contributed by atoms with Crippen molar-refractivity contribution < 1.29 is 4.74 Å². The molecule has 0 radical (unpaired) electrons. The van der Waals surface area contributed by atoms with Gasteiger partial charge in [-0.3, -0.25) is 4.68 Å². The van der Waals surface area contributed by atoms with Gasteiger partial charge in [0, 0.05) is 18.8 Å². The maximum absolute atomic E-state index is 5.21. The second-order valence-electron chi connectivity index (χ2n) is 6.29. The predicted molar refractivity (Wildman–Crippen MR) is 109 cm³/mol. The van der Waals surface area contributed by atoms with Crippen LogP contribution in [0, 0.1) is 0 Å². The maximum atomic E-state index is 5.21. The number of methoxy groups -OCH3 is 1. The fraction of sp³-hybridized carbons (Fsp3) is 0.158. The molecule has 0 amide bonds. The molecule has 0 aliphatic heterocycles. The van der Waals surface area contributed by atoms with Gasteiger partial charge in [-0.25, -0.2) is 24.5 Å². The maximum Gasteiger partial charge on any atom is 0.188 e. The van der Waals surface area contributed by atoms with Crippen LogP contribution in [0.15, 0.2) is 54.2 Å². The Morgan fingerprint density at radius 2 is 1.90 bits per heavy atom. The highest BCUT2D eigenvalue weighted by Gasteiger charge is 2.12. The standard InChI is InChI=1S/C19H16N8OS/c1-26-17-14(9-22-26)18-24-16(25-27(18)11-21-17)10-29-19-20-8-7-15(23-19)12-3-5-13(28-2)6-4-12/h3-9,11H,10H2,1-2H3. The summed E-state index contributed by atoms with van der Waals surface area (Å²) < 4.78 is 8.60. The summed E-state index contributed by atoms with van der Waals surface area (Å²) in [4.78, 5) is 18.0. The topological polar surface area (TPSA) is 95.9 Å². The summed E-state index contributed by atoms with van der Waals surface area (Å²) >= 11 is 1.49. The first-order valence-electron chi connectivity index (χ1n) is 8.83. The summed E-state index contributed by atoms with van der Waals surface area (Å²) in [6, 6.07) is 9.67. The highest BCUT2D eigenvalue weighted by Crippen LogP contribution is 2.24. The molecule has 0 N–H and O–H groups in total. The van der Waals surface area contributed by atoms with Crippen molar-refractivity contribution in [3.63, 3.8) is 0 Å². The minimum absolute atomic E-state index is 0.551. The predicted octanol–water partition coefficient (Wildman–Crippen LogP) is 2.77. The lowest BCUT2D eigenvalue weighted by molar-refractivity contribution is 0.415. The molecule has 9 nitrogen and oxygen atoms in total. The molecule has 4 aromatic heterocycles. The van der Waals surface area contributed by atoms with Crippen LogP contribution in [-0.2, 0) is 12.8 Å². The Balaban J connectivity index is 1.37. The summed E-state index contributed by atoms with van der Waals surface area (Å²) in [6.07, 6.45) is 5.17. The molecule has 4 heterocycles. The second kappa shape index (κ2) is 7.13. The van der Waals surface area contributed by atoms with E-state index in [0.717, 1.165) is 33.7 Å². The molecular formula is C19H16N8OS. The van der Waals surface area contributed by atoms with E-state index in [0.29, 0.717) is 16.7 Å². The molecule has 0 saturated heterocycles. The fourth-order valence-electron chi connectivity index (χ4n) is 3.01. The number of rotatable bonds is 5. The zero-order valence-electron chi connectivity index (χ0n) is 15.7. The van der Waals surface area contributed by atoms with E-state index in [1.807, 2.05) is 37.4 Å². The molecule has 0 unspecified atom stereocenters. The number of benzene rings is 1. The van der Waals surface area contributed by atoms with Gasteiger partial charge in [0.1, 0.15) is 12.1 Å². The van der Waals surface area contributed by atoms with Gasteiger partial charge in [-0.1, -0.05) is 11.8 Å². The third kappa shape index (κ3) is 3.27. The van der Waals surface area contributed by atoms with E-state index >= 15 is 0 Å². The van der Waals surface area contributed by atoms with E-state index < -0.39 is 0 Å². The van der Waals surface area contributed by atoms with Crippen LogP contribution in [-0.4, -0.2) is 46.4 Å². The molecule has 29 heavy (non-hydrogen) atoms. The van der Waals surface area contributed by atoms with Gasteiger partial charge in [-0.05, 0) is 30.3 Å². The molecule has 144 valence electrons. The minimum atomic E-state index is 0.551. The SMILES string of the molecule is COc1ccc(-c2ccnc(SCc3nc4c5cnn(C)c5ncn4n3)n2)cc1. The molecule has 5 rings (SSSR count). The number of nitrogens with zero attached hydrogens (tertiary/aromatic N) is 8. The number of hydrogen-bond donors (Lipinski definition) is 0. The van der Waals surface area contributed by atoms with E-state index in [1.165, 1.54) is 11.8 Å². The highest BCUT2D eigenvalue weighted by atomic mass is 32.2. The molecule has 0 atom stereocenters. The van der Waals surface area contributed by atoms with E-state index in [-0.39, 0.29) is 0 Å². The molecule has 5 aromatic rings. The van der Waals surface area contributed by atoms with Crippen molar-refractivity contribution in [1.82, 2.24) is 39.3 Å². The number of ether oxygens (including phenoxy) is 1. The summed E-state index contributed by atoms with van der Waals surface area (Å²) in [5.41, 5.74) is 3.38. The van der Waals surface area contributed by atoms with Crippen molar-refractivity contribution in [3.8, 4) is 17.0 Å². The van der Waals surface area contributed by atoms with Gasteiger partial charge in [0.15, 0.2) is 22.3 Å². The van der Waals surface area contributed by atoms with Crippen molar-refractivity contribution in [2.45, 2.75) is 10.9 Å². The van der Waals surface area contributed by atoms with Crippen molar-refractivity contribution in [2.75, 3.05) is 7.11 Å². The Bertz CT molecular complexity index is 1310. The van der Waals surface area contributed by atoms with Crippen LogP contribution in [0.3, 0.4) is 0 Å². The lowest BCUT2D eigenvalue weighted by Gasteiger charge is -2.04. The quantitative estimate of drug-likeness (QED) is 0.326. The molecule has 0 bridgehead atoms.